The molecular formula is C22H30N4O3S2. The van der Waals surface area contributed by atoms with Crippen LogP contribution in [0, 0.1) is 0 Å². The largest absolute Gasteiger partial charge is 0.339 e. The molecule has 1 aromatic heterocycles. The second-order valence-corrected chi connectivity index (χ2v) is 12.4. The molecule has 5 rings (SSSR count). The van der Waals surface area contributed by atoms with Gasteiger partial charge in [-0.25, -0.2) is 13.4 Å². The molecule has 0 spiro atoms. The summed E-state index contributed by atoms with van der Waals surface area (Å²) >= 11 is 1.78. The summed E-state index contributed by atoms with van der Waals surface area (Å²) in [6.45, 7) is 5.28. The fourth-order valence-corrected chi connectivity index (χ4v) is 8.01. The van der Waals surface area contributed by atoms with Crippen LogP contribution in [-0.4, -0.2) is 97.4 Å². The van der Waals surface area contributed by atoms with Crippen LogP contribution in [0.3, 0.4) is 0 Å². The number of rotatable bonds is 4. The SMILES string of the molecule is O=C(CN1CCC[C@H](c2nc3ccccc3s2)C1)N1CCN([C@@H]2CCS(=O)(=O)C2)CC1. The van der Waals surface area contributed by atoms with Gasteiger partial charge in [0, 0.05) is 44.7 Å². The third-order valence-corrected chi connectivity index (χ3v) is 9.87. The van der Waals surface area contributed by atoms with Gasteiger partial charge in [-0.15, -0.1) is 11.3 Å². The number of likely N-dealkylation sites (tertiary alicyclic amines) is 1. The smallest absolute Gasteiger partial charge is 0.236 e. The van der Waals surface area contributed by atoms with Crippen molar-refractivity contribution in [1.29, 1.82) is 0 Å². The Hall–Kier alpha value is -1.55. The van der Waals surface area contributed by atoms with E-state index in [1.807, 2.05) is 11.0 Å². The number of para-hydroxylation sites is 1. The first-order valence-corrected chi connectivity index (χ1v) is 13.9. The molecule has 7 nitrogen and oxygen atoms in total. The van der Waals surface area contributed by atoms with Crippen molar-refractivity contribution in [3.8, 4) is 0 Å². The van der Waals surface area contributed by atoms with E-state index >= 15 is 0 Å². The van der Waals surface area contributed by atoms with Crippen molar-refractivity contribution in [2.24, 2.45) is 0 Å². The van der Waals surface area contributed by atoms with Crippen LogP contribution in [0.4, 0.5) is 0 Å². The zero-order valence-electron chi connectivity index (χ0n) is 17.8. The summed E-state index contributed by atoms with van der Waals surface area (Å²) in [6, 6.07) is 8.42. The first-order chi connectivity index (χ1) is 15.0. The molecule has 0 bridgehead atoms. The van der Waals surface area contributed by atoms with Crippen LogP contribution in [0.15, 0.2) is 24.3 Å². The summed E-state index contributed by atoms with van der Waals surface area (Å²) in [4.78, 5) is 24.3. The molecule has 3 aliphatic rings. The van der Waals surface area contributed by atoms with Gasteiger partial charge >= 0.3 is 0 Å². The molecule has 0 N–H and O–H groups in total. The Bertz CT molecular complexity index is 1010. The highest BCUT2D eigenvalue weighted by Gasteiger charge is 2.34. The van der Waals surface area contributed by atoms with E-state index < -0.39 is 9.84 Å². The van der Waals surface area contributed by atoms with Gasteiger partial charge in [-0.05, 0) is 37.9 Å². The summed E-state index contributed by atoms with van der Waals surface area (Å²) < 4.78 is 24.7. The van der Waals surface area contributed by atoms with Crippen LogP contribution >= 0.6 is 11.3 Å². The van der Waals surface area contributed by atoms with E-state index in [2.05, 4.69) is 28.0 Å². The molecule has 0 radical (unpaired) electrons. The molecule has 0 unspecified atom stereocenters. The van der Waals surface area contributed by atoms with E-state index in [1.165, 1.54) is 9.71 Å². The zero-order valence-corrected chi connectivity index (χ0v) is 19.4. The predicted octanol–water partition coefficient (Wildman–Crippen LogP) is 1.81. The second-order valence-electron chi connectivity index (χ2n) is 9.07. The number of aromatic nitrogens is 1. The lowest BCUT2D eigenvalue weighted by Crippen LogP contribution is -2.54. The fraction of sp³-hybridized carbons (Fsp3) is 0.636. The van der Waals surface area contributed by atoms with Crippen molar-refractivity contribution in [3.63, 3.8) is 0 Å². The number of amides is 1. The molecule has 3 fully saturated rings. The fourth-order valence-electron chi connectivity index (χ4n) is 5.16. The number of piperidine rings is 1. The van der Waals surface area contributed by atoms with Crippen LogP contribution < -0.4 is 0 Å². The molecule has 0 saturated carbocycles. The lowest BCUT2D eigenvalue weighted by Gasteiger charge is -2.39. The van der Waals surface area contributed by atoms with E-state index in [0.29, 0.717) is 31.3 Å². The molecule has 1 amide bonds. The topological polar surface area (TPSA) is 73.8 Å². The van der Waals surface area contributed by atoms with Gasteiger partial charge in [0.25, 0.3) is 0 Å². The minimum atomic E-state index is -2.86. The molecular weight excluding hydrogens is 432 g/mol. The van der Waals surface area contributed by atoms with Crippen molar-refractivity contribution < 1.29 is 13.2 Å². The highest BCUT2D eigenvalue weighted by Crippen LogP contribution is 2.33. The summed E-state index contributed by atoms with van der Waals surface area (Å²) in [5.74, 6) is 1.19. The number of carbonyl (C=O) groups excluding carboxylic acids is 1. The number of hydrogen-bond donors (Lipinski definition) is 0. The number of thiazole rings is 1. The van der Waals surface area contributed by atoms with Crippen LogP contribution in [0.25, 0.3) is 10.2 Å². The molecule has 4 heterocycles. The Morgan fingerprint density at radius 1 is 1.10 bits per heavy atom. The molecule has 168 valence electrons. The summed E-state index contributed by atoms with van der Waals surface area (Å²) in [6.07, 6.45) is 2.96. The summed E-state index contributed by atoms with van der Waals surface area (Å²) in [5.41, 5.74) is 1.07. The maximum atomic E-state index is 12.9. The van der Waals surface area contributed by atoms with Gasteiger partial charge in [-0.2, -0.15) is 0 Å². The van der Waals surface area contributed by atoms with E-state index in [9.17, 15) is 13.2 Å². The van der Waals surface area contributed by atoms with E-state index in [1.54, 1.807) is 11.3 Å². The van der Waals surface area contributed by atoms with Crippen molar-refractivity contribution in [2.45, 2.75) is 31.2 Å². The number of benzene rings is 1. The quantitative estimate of drug-likeness (QED) is 0.690. The maximum Gasteiger partial charge on any atom is 0.236 e. The molecule has 2 atom stereocenters. The predicted molar refractivity (Wildman–Crippen MR) is 123 cm³/mol. The van der Waals surface area contributed by atoms with Gasteiger partial charge in [0.1, 0.15) is 0 Å². The Morgan fingerprint density at radius 3 is 2.65 bits per heavy atom. The Morgan fingerprint density at radius 2 is 1.90 bits per heavy atom. The minimum absolute atomic E-state index is 0.138. The van der Waals surface area contributed by atoms with Crippen LogP contribution in [-0.2, 0) is 14.6 Å². The lowest BCUT2D eigenvalue weighted by atomic mass is 9.98. The molecule has 31 heavy (non-hydrogen) atoms. The first kappa shape index (κ1) is 21.3. The van der Waals surface area contributed by atoms with E-state index in [-0.39, 0.29) is 17.7 Å². The van der Waals surface area contributed by atoms with Gasteiger partial charge in [-0.1, -0.05) is 12.1 Å². The summed E-state index contributed by atoms with van der Waals surface area (Å²) in [7, 11) is -2.86. The van der Waals surface area contributed by atoms with Gasteiger partial charge in [-0.3, -0.25) is 14.6 Å². The normalized spacial score (nSPS) is 27.7. The maximum absolute atomic E-state index is 12.9. The van der Waals surface area contributed by atoms with Crippen molar-refractivity contribution in [1.82, 2.24) is 19.7 Å². The molecule has 0 aliphatic carbocycles. The van der Waals surface area contributed by atoms with Crippen LogP contribution in [0.5, 0.6) is 0 Å². The Kier molecular flexibility index (Phi) is 6.02. The number of hydrogen-bond acceptors (Lipinski definition) is 7. The monoisotopic (exact) mass is 462 g/mol. The van der Waals surface area contributed by atoms with Gasteiger partial charge in [0.2, 0.25) is 5.91 Å². The zero-order chi connectivity index (χ0) is 21.4. The van der Waals surface area contributed by atoms with E-state index in [4.69, 9.17) is 4.98 Å². The number of fused-ring (bicyclic) bond motifs is 1. The average Bonchev–Trinajstić information content (AvgIpc) is 3.37. The third kappa shape index (κ3) is 4.79. The molecule has 3 aliphatic heterocycles. The minimum Gasteiger partial charge on any atom is -0.339 e. The van der Waals surface area contributed by atoms with Crippen molar-refractivity contribution >= 4 is 37.3 Å². The lowest BCUT2D eigenvalue weighted by molar-refractivity contribution is -0.134. The van der Waals surface area contributed by atoms with Gasteiger partial charge in [0.05, 0.1) is 33.3 Å². The first-order valence-electron chi connectivity index (χ1n) is 11.3. The number of carbonyl (C=O) groups is 1. The highest BCUT2D eigenvalue weighted by atomic mass is 32.2. The molecule has 3 saturated heterocycles. The Balaban J connectivity index is 1.14. The number of piperazine rings is 1. The highest BCUT2D eigenvalue weighted by molar-refractivity contribution is 7.91. The molecule has 2 aromatic rings. The van der Waals surface area contributed by atoms with Crippen LogP contribution in [0.1, 0.15) is 30.2 Å². The number of nitrogens with zero attached hydrogens (tertiary/aromatic N) is 4. The number of sulfone groups is 1. The van der Waals surface area contributed by atoms with Crippen LogP contribution in [0.2, 0.25) is 0 Å². The average molecular weight is 463 g/mol. The van der Waals surface area contributed by atoms with E-state index in [0.717, 1.165) is 51.0 Å². The summed E-state index contributed by atoms with van der Waals surface area (Å²) in [5, 5.41) is 1.19. The standard InChI is InChI=1S/C22H30N4O3S2/c27-21(26-11-9-25(10-12-26)18-7-13-31(28,29)16-18)15-24-8-3-4-17(14-24)22-23-19-5-1-2-6-20(19)30-22/h1-2,5-6,17-18H,3-4,7-16H2/t17-,18+/m0/s1. The third-order valence-electron chi connectivity index (χ3n) is 6.92. The van der Waals surface area contributed by atoms with Crippen molar-refractivity contribution in [2.75, 3.05) is 57.3 Å². The van der Waals surface area contributed by atoms with Gasteiger partial charge < -0.3 is 4.90 Å². The second kappa shape index (κ2) is 8.77. The Labute approximate surface area is 187 Å². The van der Waals surface area contributed by atoms with Crippen molar-refractivity contribution in [3.05, 3.63) is 29.3 Å². The van der Waals surface area contributed by atoms with Gasteiger partial charge in [0.15, 0.2) is 9.84 Å². The molecule has 9 heteroatoms. The molecule has 1 aromatic carbocycles.